The average molecular weight is 403 g/mol. The third kappa shape index (κ3) is 4.31. The van der Waals surface area contributed by atoms with Crippen LogP contribution in [0.25, 0.3) is 10.6 Å². The standard InChI is InChI=1S/C20H22N2O3S2/c1-12(2)18(17-6-5-9-26-17)22-19(23)14-11-27-20(21-14)13-7-8-15(24-3)16(10-13)25-4/h5-12,18H,1-4H3,(H,22,23)/t18-/m1/s1. The SMILES string of the molecule is COc1ccc(-c2nc(C(=O)N[C@@H](c3cccs3)C(C)C)cs2)cc1OC. The quantitative estimate of drug-likeness (QED) is 0.603. The number of hydrogen-bond acceptors (Lipinski definition) is 6. The van der Waals surface area contributed by atoms with E-state index in [1.54, 1.807) is 30.9 Å². The van der Waals surface area contributed by atoms with Gasteiger partial charge >= 0.3 is 0 Å². The second-order valence-corrected chi connectivity index (χ2v) is 8.16. The molecule has 0 saturated heterocycles. The van der Waals surface area contributed by atoms with Gasteiger partial charge in [0.1, 0.15) is 10.7 Å². The number of methoxy groups -OCH3 is 2. The predicted molar refractivity (Wildman–Crippen MR) is 110 cm³/mol. The highest BCUT2D eigenvalue weighted by atomic mass is 32.1. The van der Waals surface area contributed by atoms with Crippen LogP contribution in [0.1, 0.15) is 35.3 Å². The van der Waals surface area contributed by atoms with Gasteiger partial charge in [-0.3, -0.25) is 4.79 Å². The zero-order valence-corrected chi connectivity index (χ0v) is 17.3. The zero-order valence-electron chi connectivity index (χ0n) is 15.7. The van der Waals surface area contributed by atoms with E-state index in [0.29, 0.717) is 17.2 Å². The van der Waals surface area contributed by atoms with Crippen LogP contribution in [0.4, 0.5) is 0 Å². The summed E-state index contributed by atoms with van der Waals surface area (Å²) in [6, 6.07) is 9.63. The van der Waals surface area contributed by atoms with Crippen LogP contribution in [0.5, 0.6) is 11.5 Å². The summed E-state index contributed by atoms with van der Waals surface area (Å²) in [5, 5.41) is 7.68. The van der Waals surface area contributed by atoms with Crippen LogP contribution in [0.15, 0.2) is 41.1 Å². The fourth-order valence-electron chi connectivity index (χ4n) is 2.73. The molecule has 5 nitrogen and oxygen atoms in total. The van der Waals surface area contributed by atoms with Gasteiger partial charge in [-0.05, 0) is 35.6 Å². The largest absolute Gasteiger partial charge is 0.493 e. The number of hydrogen-bond donors (Lipinski definition) is 1. The van der Waals surface area contributed by atoms with E-state index in [9.17, 15) is 4.79 Å². The minimum Gasteiger partial charge on any atom is -0.493 e. The Hall–Kier alpha value is -2.38. The molecule has 0 bridgehead atoms. The van der Waals surface area contributed by atoms with Crippen molar-refractivity contribution < 1.29 is 14.3 Å². The second kappa shape index (κ2) is 8.54. The molecule has 7 heteroatoms. The van der Waals surface area contributed by atoms with E-state index >= 15 is 0 Å². The van der Waals surface area contributed by atoms with Crippen molar-refractivity contribution in [3.05, 3.63) is 51.7 Å². The molecule has 3 aromatic rings. The molecule has 3 rings (SSSR count). The highest BCUT2D eigenvalue weighted by Crippen LogP contribution is 2.33. The first-order chi connectivity index (χ1) is 13.0. The topological polar surface area (TPSA) is 60.5 Å². The van der Waals surface area contributed by atoms with E-state index in [4.69, 9.17) is 9.47 Å². The van der Waals surface area contributed by atoms with Crippen molar-refractivity contribution in [3.63, 3.8) is 0 Å². The normalized spacial score (nSPS) is 12.0. The minimum atomic E-state index is -0.162. The van der Waals surface area contributed by atoms with Crippen LogP contribution < -0.4 is 14.8 Å². The Labute approximate surface area is 167 Å². The summed E-state index contributed by atoms with van der Waals surface area (Å²) in [6.07, 6.45) is 0. The summed E-state index contributed by atoms with van der Waals surface area (Å²) in [4.78, 5) is 18.4. The van der Waals surface area contributed by atoms with Crippen molar-refractivity contribution >= 4 is 28.6 Å². The van der Waals surface area contributed by atoms with Gasteiger partial charge in [-0.15, -0.1) is 22.7 Å². The van der Waals surface area contributed by atoms with E-state index in [1.165, 1.54) is 11.3 Å². The Morgan fingerprint density at radius 2 is 1.89 bits per heavy atom. The van der Waals surface area contributed by atoms with Crippen molar-refractivity contribution in [2.24, 2.45) is 5.92 Å². The van der Waals surface area contributed by atoms with Crippen molar-refractivity contribution in [1.82, 2.24) is 10.3 Å². The van der Waals surface area contributed by atoms with Crippen molar-refractivity contribution in [2.45, 2.75) is 19.9 Å². The van der Waals surface area contributed by atoms with Crippen LogP contribution >= 0.6 is 22.7 Å². The summed E-state index contributed by atoms with van der Waals surface area (Å²) in [5.41, 5.74) is 1.31. The Morgan fingerprint density at radius 1 is 1.11 bits per heavy atom. The molecule has 0 aliphatic heterocycles. The van der Waals surface area contributed by atoms with Crippen molar-refractivity contribution in [2.75, 3.05) is 14.2 Å². The van der Waals surface area contributed by atoms with Gasteiger partial charge in [0.05, 0.1) is 20.3 Å². The van der Waals surface area contributed by atoms with Crippen LogP contribution in [0.3, 0.4) is 0 Å². The molecule has 0 unspecified atom stereocenters. The number of nitrogens with zero attached hydrogens (tertiary/aromatic N) is 1. The molecule has 0 saturated carbocycles. The zero-order chi connectivity index (χ0) is 19.4. The lowest BCUT2D eigenvalue weighted by molar-refractivity contribution is 0.0922. The first-order valence-corrected chi connectivity index (χ1v) is 10.3. The summed E-state index contributed by atoms with van der Waals surface area (Å²) in [6.45, 7) is 4.20. The first kappa shape index (κ1) is 19.4. The minimum absolute atomic E-state index is 0.0243. The number of rotatable bonds is 7. The third-order valence-electron chi connectivity index (χ3n) is 4.17. The number of nitrogens with one attached hydrogen (secondary N) is 1. The van der Waals surface area contributed by atoms with E-state index in [0.717, 1.165) is 15.4 Å². The van der Waals surface area contributed by atoms with Gasteiger partial charge in [0.2, 0.25) is 0 Å². The van der Waals surface area contributed by atoms with Crippen LogP contribution in [0, 0.1) is 5.92 Å². The Morgan fingerprint density at radius 3 is 2.52 bits per heavy atom. The Bertz CT molecular complexity index is 904. The molecule has 0 aliphatic carbocycles. The van der Waals surface area contributed by atoms with E-state index in [1.807, 2.05) is 35.7 Å². The smallest absolute Gasteiger partial charge is 0.271 e. The van der Waals surface area contributed by atoms with E-state index in [2.05, 4.69) is 24.1 Å². The van der Waals surface area contributed by atoms with Gasteiger partial charge in [-0.2, -0.15) is 0 Å². The fourth-order valence-corrected chi connectivity index (χ4v) is 4.48. The number of ether oxygens (including phenoxy) is 2. The van der Waals surface area contributed by atoms with Gasteiger partial charge in [0.15, 0.2) is 11.5 Å². The highest BCUT2D eigenvalue weighted by molar-refractivity contribution is 7.13. The number of benzene rings is 1. The van der Waals surface area contributed by atoms with Crippen LogP contribution in [0.2, 0.25) is 0 Å². The molecular formula is C20H22N2O3S2. The summed E-state index contributed by atoms with van der Waals surface area (Å²) in [7, 11) is 3.20. The lowest BCUT2D eigenvalue weighted by atomic mass is 10.0. The summed E-state index contributed by atoms with van der Waals surface area (Å²) in [5.74, 6) is 1.42. The predicted octanol–water partition coefficient (Wildman–Crippen LogP) is 5.02. The number of amides is 1. The van der Waals surface area contributed by atoms with Gasteiger partial charge < -0.3 is 14.8 Å². The molecule has 0 aliphatic rings. The molecule has 27 heavy (non-hydrogen) atoms. The third-order valence-corrected chi connectivity index (χ3v) is 6.02. The van der Waals surface area contributed by atoms with Crippen molar-refractivity contribution in [3.8, 4) is 22.1 Å². The van der Waals surface area contributed by atoms with E-state index in [-0.39, 0.29) is 17.9 Å². The second-order valence-electron chi connectivity index (χ2n) is 6.32. The molecule has 0 spiro atoms. The number of carbonyl (C=O) groups excluding carboxylic acids is 1. The number of thiazole rings is 1. The van der Waals surface area contributed by atoms with Gasteiger partial charge in [0, 0.05) is 15.8 Å². The lowest BCUT2D eigenvalue weighted by Crippen LogP contribution is -2.31. The molecule has 1 amide bonds. The summed E-state index contributed by atoms with van der Waals surface area (Å²) >= 11 is 3.08. The molecule has 142 valence electrons. The Balaban J connectivity index is 1.80. The first-order valence-electron chi connectivity index (χ1n) is 8.55. The van der Waals surface area contributed by atoms with E-state index < -0.39 is 0 Å². The van der Waals surface area contributed by atoms with Gasteiger partial charge in [-0.1, -0.05) is 19.9 Å². The molecule has 0 fully saturated rings. The maximum Gasteiger partial charge on any atom is 0.271 e. The molecule has 1 atom stereocenters. The average Bonchev–Trinajstić information content (AvgIpc) is 3.37. The molecule has 2 aromatic heterocycles. The number of aromatic nitrogens is 1. The van der Waals surface area contributed by atoms with Gasteiger partial charge in [-0.25, -0.2) is 4.98 Å². The highest BCUT2D eigenvalue weighted by Gasteiger charge is 2.21. The molecular weight excluding hydrogens is 380 g/mol. The molecule has 1 aromatic carbocycles. The summed E-state index contributed by atoms with van der Waals surface area (Å²) < 4.78 is 10.6. The molecule has 1 N–H and O–H groups in total. The van der Waals surface area contributed by atoms with Gasteiger partial charge in [0.25, 0.3) is 5.91 Å². The Kier molecular flexibility index (Phi) is 6.13. The monoisotopic (exact) mass is 402 g/mol. The van der Waals surface area contributed by atoms with Crippen molar-refractivity contribution in [1.29, 1.82) is 0 Å². The van der Waals surface area contributed by atoms with Crippen LogP contribution in [-0.2, 0) is 0 Å². The maximum absolute atomic E-state index is 12.7. The maximum atomic E-state index is 12.7. The molecule has 0 radical (unpaired) electrons. The lowest BCUT2D eigenvalue weighted by Gasteiger charge is -2.20. The fraction of sp³-hybridized carbons (Fsp3) is 0.300. The van der Waals surface area contributed by atoms with Crippen LogP contribution in [-0.4, -0.2) is 25.1 Å². The number of thiophene rings is 1. The molecule has 2 heterocycles. The number of carbonyl (C=O) groups is 1.